The molecular formula is C24H31N5O2. The van der Waals surface area contributed by atoms with Crippen LogP contribution in [0.3, 0.4) is 0 Å². The Kier molecular flexibility index (Phi) is 7.67. The normalized spacial score (nSPS) is 12.5. The molecule has 1 aromatic heterocycles. The third kappa shape index (κ3) is 5.86. The fraction of sp³-hybridized carbons (Fsp3) is 0.333. The number of aromatic nitrogens is 2. The fourth-order valence-corrected chi connectivity index (χ4v) is 3.39. The van der Waals surface area contributed by atoms with E-state index in [-0.39, 0.29) is 0 Å². The summed E-state index contributed by atoms with van der Waals surface area (Å²) in [5, 5.41) is 21.6. The highest BCUT2D eigenvalue weighted by atomic mass is 16.5. The summed E-state index contributed by atoms with van der Waals surface area (Å²) in [6.07, 6.45) is -0.680. The van der Waals surface area contributed by atoms with E-state index in [4.69, 9.17) is 9.73 Å². The third-order valence-electron chi connectivity index (χ3n) is 4.92. The van der Waals surface area contributed by atoms with Crippen molar-refractivity contribution in [2.45, 2.75) is 33.4 Å². The molecule has 3 N–H and O–H groups in total. The van der Waals surface area contributed by atoms with Crippen LogP contribution in [0.1, 0.15) is 35.5 Å². The number of aliphatic hydroxyl groups excluding tert-OH is 1. The van der Waals surface area contributed by atoms with Crippen LogP contribution in [-0.4, -0.2) is 41.0 Å². The Bertz CT molecular complexity index is 1030. The van der Waals surface area contributed by atoms with E-state index in [1.807, 2.05) is 61.9 Å². The van der Waals surface area contributed by atoms with E-state index in [0.29, 0.717) is 19.0 Å². The predicted molar refractivity (Wildman–Crippen MR) is 124 cm³/mol. The van der Waals surface area contributed by atoms with Crippen LogP contribution in [0.4, 0.5) is 0 Å². The van der Waals surface area contributed by atoms with Crippen LogP contribution in [0.15, 0.2) is 59.6 Å². The summed E-state index contributed by atoms with van der Waals surface area (Å²) >= 11 is 0. The number of hydrogen-bond acceptors (Lipinski definition) is 4. The average molecular weight is 422 g/mol. The van der Waals surface area contributed by atoms with Crippen LogP contribution >= 0.6 is 0 Å². The molecule has 7 nitrogen and oxygen atoms in total. The van der Waals surface area contributed by atoms with Gasteiger partial charge in [-0.15, -0.1) is 0 Å². The lowest BCUT2D eigenvalue weighted by molar-refractivity contribution is 0.180. The van der Waals surface area contributed by atoms with Crippen molar-refractivity contribution >= 4 is 5.96 Å². The van der Waals surface area contributed by atoms with Crippen LogP contribution in [0, 0.1) is 13.8 Å². The molecule has 0 saturated heterocycles. The lowest BCUT2D eigenvalue weighted by atomic mass is 10.1. The zero-order valence-corrected chi connectivity index (χ0v) is 18.6. The molecule has 0 amide bonds. The Morgan fingerprint density at radius 1 is 1.13 bits per heavy atom. The molecule has 1 atom stereocenters. The number of benzene rings is 2. The van der Waals surface area contributed by atoms with Crippen molar-refractivity contribution in [1.29, 1.82) is 0 Å². The van der Waals surface area contributed by atoms with Crippen LogP contribution in [0.25, 0.3) is 5.69 Å². The lowest BCUT2D eigenvalue weighted by Crippen LogP contribution is -2.39. The topological polar surface area (TPSA) is 83.7 Å². The molecule has 1 unspecified atom stereocenters. The van der Waals surface area contributed by atoms with Gasteiger partial charge >= 0.3 is 0 Å². The molecule has 3 aromatic rings. The second-order valence-corrected chi connectivity index (χ2v) is 7.34. The first kappa shape index (κ1) is 22.4. The number of nitrogens with zero attached hydrogens (tertiary/aromatic N) is 3. The third-order valence-corrected chi connectivity index (χ3v) is 4.92. The summed E-state index contributed by atoms with van der Waals surface area (Å²) in [7, 11) is 1.61. The minimum absolute atomic E-state index is 0.331. The molecule has 0 aliphatic carbocycles. The van der Waals surface area contributed by atoms with Crippen LogP contribution < -0.4 is 15.4 Å². The van der Waals surface area contributed by atoms with Crippen LogP contribution in [-0.2, 0) is 6.54 Å². The standard InChI is InChI=1S/C24H31N5O2/c1-5-25-24(27-16-23(30)19-10-8-11-21(14-19)31-4)26-15-20-9-6-7-12-22(20)29-18(3)13-17(2)28-29/h6-14,23,30H,5,15-16H2,1-4H3,(H2,25,26,27). The molecular weight excluding hydrogens is 390 g/mol. The second-order valence-electron chi connectivity index (χ2n) is 7.34. The number of hydrogen-bond donors (Lipinski definition) is 3. The summed E-state index contributed by atoms with van der Waals surface area (Å²) < 4.78 is 7.19. The summed E-state index contributed by atoms with van der Waals surface area (Å²) in [6, 6.07) is 17.6. The zero-order valence-electron chi connectivity index (χ0n) is 18.6. The number of methoxy groups -OCH3 is 1. The molecule has 1 heterocycles. The van der Waals surface area contributed by atoms with Crippen molar-refractivity contribution in [1.82, 2.24) is 20.4 Å². The molecule has 31 heavy (non-hydrogen) atoms. The van der Waals surface area contributed by atoms with Gasteiger partial charge in [-0.25, -0.2) is 9.67 Å². The number of rotatable bonds is 8. The van der Waals surface area contributed by atoms with Gasteiger partial charge in [-0.05, 0) is 56.2 Å². The Morgan fingerprint density at radius 2 is 1.94 bits per heavy atom. The minimum Gasteiger partial charge on any atom is -0.497 e. The van der Waals surface area contributed by atoms with Crippen molar-refractivity contribution < 1.29 is 9.84 Å². The van der Waals surface area contributed by atoms with Crippen LogP contribution in [0.2, 0.25) is 0 Å². The van der Waals surface area contributed by atoms with Crippen molar-refractivity contribution in [2.24, 2.45) is 4.99 Å². The number of aliphatic hydroxyl groups is 1. The van der Waals surface area contributed by atoms with Gasteiger partial charge in [-0.2, -0.15) is 5.10 Å². The number of ether oxygens (including phenoxy) is 1. The van der Waals surface area contributed by atoms with E-state index < -0.39 is 6.10 Å². The first-order chi connectivity index (χ1) is 15.0. The number of nitrogens with one attached hydrogen (secondary N) is 2. The van der Waals surface area contributed by atoms with Gasteiger partial charge in [0.25, 0.3) is 0 Å². The summed E-state index contributed by atoms with van der Waals surface area (Å²) in [6.45, 7) is 7.59. The van der Waals surface area contributed by atoms with E-state index in [9.17, 15) is 5.11 Å². The molecule has 7 heteroatoms. The first-order valence-corrected chi connectivity index (χ1v) is 10.5. The molecule has 0 fully saturated rings. The fourth-order valence-electron chi connectivity index (χ4n) is 3.39. The summed E-state index contributed by atoms with van der Waals surface area (Å²) in [5.74, 6) is 1.37. The van der Waals surface area contributed by atoms with Gasteiger partial charge in [0, 0.05) is 18.8 Å². The van der Waals surface area contributed by atoms with Gasteiger partial charge in [0.05, 0.1) is 31.1 Å². The van der Waals surface area contributed by atoms with Gasteiger partial charge in [0.15, 0.2) is 5.96 Å². The summed E-state index contributed by atoms with van der Waals surface area (Å²) in [5.41, 5.74) is 4.94. The Hall–Kier alpha value is -3.32. The molecule has 0 aliphatic heterocycles. The Labute approximate surface area is 183 Å². The van der Waals surface area contributed by atoms with E-state index in [1.54, 1.807) is 7.11 Å². The minimum atomic E-state index is -0.680. The van der Waals surface area contributed by atoms with Crippen molar-refractivity contribution in [2.75, 3.05) is 20.2 Å². The monoisotopic (exact) mass is 421 g/mol. The maximum absolute atomic E-state index is 10.6. The maximum Gasteiger partial charge on any atom is 0.191 e. The molecule has 2 aromatic carbocycles. The van der Waals surface area contributed by atoms with Gasteiger partial charge in [0.1, 0.15) is 5.75 Å². The van der Waals surface area contributed by atoms with E-state index in [2.05, 4.69) is 33.9 Å². The highest BCUT2D eigenvalue weighted by molar-refractivity contribution is 5.79. The van der Waals surface area contributed by atoms with Gasteiger partial charge < -0.3 is 20.5 Å². The molecule has 0 radical (unpaired) electrons. The predicted octanol–water partition coefficient (Wildman–Crippen LogP) is 3.29. The number of guanidine groups is 1. The van der Waals surface area contributed by atoms with Gasteiger partial charge in [-0.1, -0.05) is 30.3 Å². The summed E-state index contributed by atoms with van der Waals surface area (Å²) in [4.78, 5) is 4.72. The maximum atomic E-state index is 10.6. The van der Waals surface area contributed by atoms with Gasteiger partial charge in [-0.3, -0.25) is 0 Å². The largest absolute Gasteiger partial charge is 0.497 e. The van der Waals surface area contributed by atoms with Crippen molar-refractivity contribution in [3.8, 4) is 11.4 Å². The smallest absolute Gasteiger partial charge is 0.191 e. The number of para-hydroxylation sites is 1. The quantitative estimate of drug-likeness (QED) is 0.384. The Morgan fingerprint density at radius 3 is 2.65 bits per heavy atom. The highest BCUT2D eigenvalue weighted by Gasteiger charge is 2.11. The second kappa shape index (κ2) is 10.6. The Balaban J connectivity index is 1.72. The molecule has 0 bridgehead atoms. The SMILES string of the molecule is CCNC(=NCc1ccccc1-n1nc(C)cc1C)NCC(O)c1cccc(OC)c1. The zero-order chi connectivity index (χ0) is 22.2. The number of aryl methyl sites for hydroxylation is 2. The first-order valence-electron chi connectivity index (χ1n) is 10.5. The van der Waals surface area contributed by atoms with Crippen LogP contribution in [0.5, 0.6) is 5.75 Å². The van der Waals surface area contributed by atoms with E-state index in [1.165, 1.54) is 0 Å². The number of aliphatic imine (C=N–C) groups is 1. The van der Waals surface area contributed by atoms with E-state index >= 15 is 0 Å². The van der Waals surface area contributed by atoms with Crippen molar-refractivity contribution in [3.05, 3.63) is 77.1 Å². The average Bonchev–Trinajstić information content (AvgIpc) is 3.13. The molecule has 164 valence electrons. The van der Waals surface area contributed by atoms with Gasteiger partial charge in [0.2, 0.25) is 0 Å². The molecule has 3 rings (SSSR count). The molecule has 0 aliphatic rings. The molecule has 0 saturated carbocycles. The van der Waals surface area contributed by atoms with Crippen molar-refractivity contribution in [3.63, 3.8) is 0 Å². The highest BCUT2D eigenvalue weighted by Crippen LogP contribution is 2.19. The molecule has 0 spiro atoms. The lowest BCUT2D eigenvalue weighted by Gasteiger charge is -2.16. The van der Waals surface area contributed by atoms with E-state index in [0.717, 1.165) is 40.5 Å².